The van der Waals surface area contributed by atoms with E-state index >= 15 is 0 Å². The van der Waals surface area contributed by atoms with Crippen LogP contribution in [0.25, 0.3) is 0 Å². The number of hydrogen-bond acceptors (Lipinski definition) is 2. The summed E-state index contributed by atoms with van der Waals surface area (Å²) in [6.45, 7) is 3.70. The van der Waals surface area contributed by atoms with Crippen molar-refractivity contribution >= 4 is 6.08 Å². The van der Waals surface area contributed by atoms with E-state index in [9.17, 15) is 4.79 Å². The fourth-order valence-corrected chi connectivity index (χ4v) is 0.102. The molecule has 0 N–H and O–H groups in total. The molecule has 0 saturated heterocycles. The van der Waals surface area contributed by atoms with E-state index in [0.29, 0.717) is 6.54 Å². The molecule has 0 aliphatic carbocycles. The average Bonchev–Trinajstić information content (AvgIpc) is 1.61. The quantitative estimate of drug-likeness (QED) is 0.280. The van der Waals surface area contributed by atoms with Gasteiger partial charge in [0.1, 0.15) is 0 Å². The van der Waals surface area contributed by atoms with Crippen LogP contribution >= 0.6 is 0 Å². The summed E-state index contributed by atoms with van der Waals surface area (Å²) in [5.74, 6) is 0. The Balaban J connectivity index is 0. The maximum Gasteiger partial charge on any atom is 0.235 e. The Morgan fingerprint density at radius 3 is 2.57 bits per heavy atom. The van der Waals surface area contributed by atoms with Crippen LogP contribution in [0.1, 0.15) is 0 Å². The highest BCUT2D eigenvalue weighted by Gasteiger charge is 1.58. The molecular weight excluding hydrogens is 90.1 g/mol. The van der Waals surface area contributed by atoms with Crippen LogP contribution in [0.4, 0.5) is 0 Å². The van der Waals surface area contributed by atoms with Gasteiger partial charge in [0.25, 0.3) is 0 Å². The van der Waals surface area contributed by atoms with Gasteiger partial charge in [-0.2, -0.15) is 0 Å². The van der Waals surface area contributed by atoms with Crippen molar-refractivity contribution in [2.75, 3.05) is 6.54 Å². The van der Waals surface area contributed by atoms with Gasteiger partial charge in [0.15, 0.2) is 0 Å². The van der Waals surface area contributed by atoms with Gasteiger partial charge >= 0.3 is 0 Å². The molecule has 0 aromatic carbocycles. The van der Waals surface area contributed by atoms with Gasteiger partial charge in [-0.1, -0.05) is 6.08 Å². The van der Waals surface area contributed by atoms with Crippen molar-refractivity contribution < 1.29 is 4.79 Å². The van der Waals surface area contributed by atoms with E-state index in [1.54, 1.807) is 0 Å². The molecule has 0 aliphatic rings. The third-order valence-electron chi connectivity index (χ3n) is 0.285. The van der Waals surface area contributed by atoms with Gasteiger partial charge in [0.05, 0.1) is 6.54 Å². The summed E-state index contributed by atoms with van der Waals surface area (Å²) in [5, 5.41) is 0. The highest BCUT2D eigenvalue weighted by atomic mass is 16.1. The van der Waals surface area contributed by atoms with Crippen molar-refractivity contribution in [1.29, 1.82) is 0 Å². The second-order valence-electron chi connectivity index (χ2n) is 0.721. The predicted octanol–water partition coefficient (Wildman–Crippen LogP) is 0.589. The number of aliphatic imine (C=N–C) groups is 1. The number of rotatable bonds is 2. The molecule has 0 aromatic heterocycles. The lowest BCUT2D eigenvalue weighted by Crippen LogP contribution is -1.63. The lowest BCUT2D eigenvalue weighted by Gasteiger charge is -1.64. The van der Waals surface area contributed by atoms with Gasteiger partial charge in [-0.05, 0) is 0 Å². The standard InChI is InChI=1S/C4H5NO.C/c1-2-3-5-4-6;/h2H,1,3H2;. The Hall–Kier alpha value is -0.880. The Morgan fingerprint density at radius 2 is 2.43 bits per heavy atom. The first-order chi connectivity index (χ1) is 2.91. The fourth-order valence-electron chi connectivity index (χ4n) is 0.102. The van der Waals surface area contributed by atoms with Gasteiger partial charge in [-0.3, -0.25) is 0 Å². The molecule has 2 nitrogen and oxygen atoms in total. The lowest BCUT2D eigenvalue weighted by molar-refractivity contribution is 0.564. The number of isocyanates is 1. The largest absolute Gasteiger partial charge is 0.235 e. The molecule has 0 spiro atoms. The molecule has 0 aliphatic heterocycles. The minimum atomic E-state index is 0. The Bertz CT molecular complexity index is 82.1. The van der Waals surface area contributed by atoms with Crippen LogP contribution in [0.5, 0.6) is 0 Å². The summed E-state index contributed by atoms with van der Waals surface area (Å²) in [6.07, 6.45) is 2.90. The molecule has 0 heterocycles. The first kappa shape index (κ1) is 9.45. The summed E-state index contributed by atoms with van der Waals surface area (Å²) in [6, 6.07) is 0. The van der Waals surface area contributed by atoms with E-state index in [1.807, 2.05) is 0 Å². The second kappa shape index (κ2) is 8.93. The molecule has 0 aromatic rings. The monoisotopic (exact) mass is 95.0 g/mol. The zero-order valence-electron chi connectivity index (χ0n) is 3.85. The maximum atomic E-state index is 9.22. The van der Waals surface area contributed by atoms with Crippen molar-refractivity contribution in [1.82, 2.24) is 0 Å². The highest BCUT2D eigenvalue weighted by Crippen LogP contribution is 1.61. The first-order valence-electron chi connectivity index (χ1n) is 1.56. The number of hydrogen-bond donors (Lipinski definition) is 0. The lowest BCUT2D eigenvalue weighted by atomic mass is 10.7. The van der Waals surface area contributed by atoms with Gasteiger partial charge in [-0.25, -0.2) is 9.79 Å². The van der Waals surface area contributed by atoms with E-state index in [1.165, 1.54) is 12.2 Å². The van der Waals surface area contributed by atoms with Crippen LogP contribution in [0, 0.1) is 7.43 Å². The van der Waals surface area contributed by atoms with Crippen LogP contribution in [0.3, 0.4) is 0 Å². The van der Waals surface area contributed by atoms with E-state index < -0.39 is 0 Å². The fraction of sp³-hybridized carbons (Fsp3) is 0.200. The van der Waals surface area contributed by atoms with E-state index in [2.05, 4.69) is 11.6 Å². The molecule has 2 heteroatoms. The number of carbonyl (C=O) groups excluding carboxylic acids is 1. The normalized spacial score (nSPS) is 5.14. The minimum Gasteiger partial charge on any atom is -0.211 e. The van der Waals surface area contributed by atoms with Gasteiger partial charge in [0, 0.05) is 7.43 Å². The highest BCUT2D eigenvalue weighted by molar-refractivity contribution is 5.33. The van der Waals surface area contributed by atoms with Crippen molar-refractivity contribution in [3.8, 4) is 0 Å². The van der Waals surface area contributed by atoms with Crippen LogP contribution in [0.2, 0.25) is 0 Å². The molecule has 36 valence electrons. The second-order valence-corrected chi connectivity index (χ2v) is 0.721. The Kier molecular flexibility index (Phi) is 12.1. The molecule has 0 amide bonds. The van der Waals surface area contributed by atoms with E-state index in [-0.39, 0.29) is 7.43 Å². The Labute approximate surface area is 43.6 Å². The third-order valence-corrected chi connectivity index (χ3v) is 0.285. The molecule has 0 atom stereocenters. The van der Waals surface area contributed by atoms with Gasteiger partial charge in [0.2, 0.25) is 6.08 Å². The van der Waals surface area contributed by atoms with E-state index in [0.717, 1.165) is 0 Å². The molecule has 0 rings (SSSR count). The molecule has 0 bridgehead atoms. The summed E-state index contributed by atoms with van der Waals surface area (Å²) in [7, 11) is 0. The van der Waals surface area contributed by atoms with E-state index in [4.69, 9.17) is 0 Å². The average molecular weight is 95.1 g/mol. The smallest absolute Gasteiger partial charge is 0.211 e. The summed E-state index contributed by atoms with van der Waals surface area (Å²) in [4.78, 5) is 12.4. The molecule has 7 heavy (non-hydrogen) atoms. The summed E-state index contributed by atoms with van der Waals surface area (Å²) in [5.41, 5.74) is 0. The van der Waals surface area contributed by atoms with Crippen LogP contribution in [-0.4, -0.2) is 12.6 Å². The topological polar surface area (TPSA) is 29.4 Å². The van der Waals surface area contributed by atoms with Crippen molar-refractivity contribution in [3.63, 3.8) is 0 Å². The Morgan fingerprint density at radius 1 is 1.86 bits per heavy atom. The summed E-state index contributed by atoms with van der Waals surface area (Å²) < 4.78 is 0. The van der Waals surface area contributed by atoms with Crippen molar-refractivity contribution in [3.05, 3.63) is 20.1 Å². The first-order valence-corrected chi connectivity index (χ1v) is 1.56. The minimum absolute atomic E-state index is 0. The molecule has 0 fully saturated rings. The van der Waals surface area contributed by atoms with Gasteiger partial charge < -0.3 is 0 Å². The molecule has 0 unspecified atom stereocenters. The van der Waals surface area contributed by atoms with Crippen LogP contribution in [-0.2, 0) is 4.79 Å². The third kappa shape index (κ3) is 11.1. The molecule has 4 radical (unpaired) electrons. The molecular formula is C5H5NO. The molecule has 0 saturated carbocycles. The number of nitrogens with zero attached hydrogens (tertiary/aromatic N) is 1. The summed E-state index contributed by atoms with van der Waals surface area (Å²) >= 11 is 0. The van der Waals surface area contributed by atoms with Crippen molar-refractivity contribution in [2.45, 2.75) is 0 Å². The zero-order chi connectivity index (χ0) is 4.83. The zero-order valence-corrected chi connectivity index (χ0v) is 3.85. The SMILES string of the molecule is C=CCN=C=O.[C]. The van der Waals surface area contributed by atoms with Crippen LogP contribution < -0.4 is 0 Å². The van der Waals surface area contributed by atoms with Crippen LogP contribution in [0.15, 0.2) is 17.6 Å². The maximum absolute atomic E-state index is 9.22. The predicted molar refractivity (Wildman–Crippen MR) is 26.4 cm³/mol. The van der Waals surface area contributed by atoms with Gasteiger partial charge in [-0.15, -0.1) is 6.58 Å². The van der Waals surface area contributed by atoms with Crippen molar-refractivity contribution in [2.24, 2.45) is 4.99 Å².